The summed E-state index contributed by atoms with van der Waals surface area (Å²) in [5.74, 6) is -0.0551. The first-order chi connectivity index (χ1) is 10.9. The van der Waals surface area contributed by atoms with Crippen molar-refractivity contribution in [2.24, 2.45) is 4.99 Å². The van der Waals surface area contributed by atoms with Gasteiger partial charge < -0.3 is 10.2 Å². The molecular formula is C17H17N2O4-. The van der Waals surface area contributed by atoms with Gasteiger partial charge in [0.15, 0.2) is 0 Å². The van der Waals surface area contributed by atoms with Gasteiger partial charge >= 0.3 is 0 Å². The molecule has 0 aliphatic heterocycles. The second-order valence-corrected chi connectivity index (χ2v) is 5.29. The number of aliphatic imine (C=N–C) groups is 1. The van der Waals surface area contributed by atoms with Crippen LogP contribution in [0.4, 0.5) is 11.4 Å². The van der Waals surface area contributed by atoms with Crippen LogP contribution in [0.25, 0.3) is 0 Å². The molecule has 0 saturated carbocycles. The highest BCUT2D eigenvalue weighted by Crippen LogP contribution is 2.31. The molecule has 0 saturated heterocycles. The number of phenolic OH excluding ortho intramolecular Hbond substituents is 1. The van der Waals surface area contributed by atoms with Gasteiger partial charge in [0.2, 0.25) is 0 Å². The molecule has 23 heavy (non-hydrogen) atoms. The fraction of sp³-hybridized carbons (Fsp3) is 0.235. The second-order valence-electron chi connectivity index (χ2n) is 5.29. The second kappa shape index (κ2) is 6.91. The summed E-state index contributed by atoms with van der Waals surface area (Å²) in [6.07, 6.45) is 2.19. The van der Waals surface area contributed by atoms with Crippen molar-refractivity contribution in [3.63, 3.8) is 0 Å². The predicted molar refractivity (Wildman–Crippen MR) is 86.6 cm³/mol. The van der Waals surface area contributed by atoms with E-state index < -0.39 is 4.92 Å². The Morgan fingerprint density at radius 1 is 1.30 bits per heavy atom. The lowest BCUT2D eigenvalue weighted by molar-refractivity contribution is -0.385. The molecule has 0 bridgehead atoms. The van der Waals surface area contributed by atoms with Crippen LogP contribution in [0.15, 0.2) is 41.4 Å². The minimum absolute atomic E-state index is 0.00816. The van der Waals surface area contributed by atoms with E-state index in [9.17, 15) is 20.3 Å². The highest BCUT2D eigenvalue weighted by atomic mass is 16.6. The topological polar surface area (TPSA) is 98.8 Å². The largest absolute Gasteiger partial charge is 0.872 e. The maximum absolute atomic E-state index is 11.7. The zero-order valence-electron chi connectivity index (χ0n) is 12.9. The molecule has 6 heteroatoms. The summed E-state index contributed by atoms with van der Waals surface area (Å²) in [4.78, 5) is 14.3. The van der Waals surface area contributed by atoms with Gasteiger partial charge in [-0.25, -0.2) is 0 Å². The van der Waals surface area contributed by atoms with Crippen LogP contribution in [0.1, 0.15) is 37.3 Å². The van der Waals surface area contributed by atoms with Crippen molar-refractivity contribution in [3.05, 3.63) is 57.6 Å². The normalized spacial score (nSPS) is 12.4. The lowest BCUT2D eigenvalue weighted by Crippen LogP contribution is -1.98. The maximum atomic E-state index is 11.7. The molecule has 0 aliphatic carbocycles. The third kappa shape index (κ3) is 3.85. The van der Waals surface area contributed by atoms with Crippen LogP contribution in [-0.4, -0.2) is 16.2 Å². The number of hydrogen-bond donors (Lipinski definition) is 1. The van der Waals surface area contributed by atoms with Gasteiger partial charge in [-0.2, -0.15) is 0 Å². The molecule has 2 rings (SSSR count). The Morgan fingerprint density at radius 3 is 2.70 bits per heavy atom. The fourth-order valence-corrected chi connectivity index (χ4v) is 2.08. The molecule has 1 atom stereocenters. The molecule has 0 heterocycles. The molecule has 0 aliphatic rings. The van der Waals surface area contributed by atoms with E-state index in [1.165, 1.54) is 12.3 Å². The Balaban J connectivity index is 2.37. The number of rotatable bonds is 5. The standard InChI is InChI=1S/C17H18N2O4/c1-3-11(2)12-4-6-17(21)15(9-12)18-10-13-8-14(19(22)23)5-7-16(13)20/h4-11,20-21H,3H2,1-2H3/p-1/t11-/m1/s1. The van der Waals surface area contributed by atoms with Crippen molar-refractivity contribution in [3.8, 4) is 11.5 Å². The van der Waals surface area contributed by atoms with E-state index in [2.05, 4.69) is 18.8 Å². The lowest BCUT2D eigenvalue weighted by Gasteiger charge is -2.11. The van der Waals surface area contributed by atoms with Crippen molar-refractivity contribution in [2.75, 3.05) is 0 Å². The van der Waals surface area contributed by atoms with Gasteiger partial charge in [-0.15, -0.1) is 0 Å². The smallest absolute Gasteiger partial charge is 0.270 e. The number of non-ortho nitro benzene ring substituents is 1. The predicted octanol–water partition coefficient (Wildman–Crippen LogP) is 3.64. The van der Waals surface area contributed by atoms with Gasteiger partial charge in [0, 0.05) is 18.3 Å². The highest BCUT2D eigenvalue weighted by Gasteiger charge is 2.08. The van der Waals surface area contributed by atoms with Crippen LogP contribution < -0.4 is 5.11 Å². The van der Waals surface area contributed by atoms with Crippen molar-refractivity contribution < 1.29 is 15.1 Å². The number of aromatic hydroxyl groups is 1. The van der Waals surface area contributed by atoms with Crippen molar-refractivity contribution in [1.82, 2.24) is 0 Å². The summed E-state index contributed by atoms with van der Waals surface area (Å²) in [6, 6.07) is 8.59. The zero-order chi connectivity index (χ0) is 17.0. The van der Waals surface area contributed by atoms with Gasteiger partial charge in [0.05, 0.1) is 4.92 Å². The van der Waals surface area contributed by atoms with E-state index in [1.54, 1.807) is 12.1 Å². The molecular weight excluding hydrogens is 296 g/mol. The first kappa shape index (κ1) is 16.5. The molecule has 0 unspecified atom stereocenters. The summed E-state index contributed by atoms with van der Waals surface area (Å²) in [7, 11) is 0. The van der Waals surface area contributed by atoms with Gasteiger partial charge in [0.1, 0.15) is 11.4 Å². The number of phenols is 1. The van der Waals surface area contributed by atoms with Crippen LogP contribution in [0.5, 0.6) is 11.5 Å². The van der Waals surface area contributed by atoms with Crippen LogP contribution >= 0.6 is 0 Å². The molecule has 120 valence electrons. The van der Waals surface area contributed by atoms with Crippen molar-refractivity contribution in [2.45, 2.75) is 26.2 Å². The monoisotopic (exact) mass is 313 g/mol. The van der Waals surface area contributed by atoms with Crippen molar-refractivity contribution >= 4 is 17.6 Å². The molecule has 0 amide bonds. The molecule has 2 aromatic carbocycles. The number of benzene rings is 2. The molecule has 2 aromatic rings. The summed E-state index contributed by atoms with van der Waals surface area (Å²) < 4.78 is 0. The Bertz CT molecular complexity index is 756. The van der Waals surface area contributed by atoms with Gasteiger partial charge in [-0.1, -0.05) is 31.7 Å². The number of hydrogen-bond acceptors (Lipinski definition) is 5. The van der Waals surface area contributed by atoms with Crippen LogP contribution in [-0.2, 0) is 0 Å². The van der Waals surface area contributed by atoms with E-state index in [0.29, 0.717) is 11.6 Å². The lowest BCUT2D eigenvalue weighted by atomic mass is 9.98. The van der Waals surface area contributed by atoms with Crippen molar-refractivity contribution in [1.29, 1.82) is 0 Å². The fourth-order valence-electron chi connectivity index (χ4n) is 2.08. The quantitative estimate of drug-likeness (QED) is 0.517. The van der Waals surface area contributed by atoms with E-state index in [1.807, 2.05) is 6.07 Å². The molecule has 0 radical (unpaired) electrons. The average molecular weight is 313 g/mol. The number of nitrogens with zero attached hydrogens (tertiary/aromatic N) is 2. The molecule has 1 N–H and O–H groups in total. The third-order valence-electron chi connectivity index (χ3n) is 3.73. The molecule has 6 nitrogen and oxygen atoms in total. The van der Waals surface area contributed by atoms with E-state index in [4.69, 9.17) is 0 Å². The summed E-state index contributed by atoms with van der Waals surface area (Å²) in [6.45, 7) is 4.13. The minimum atomic E-state index is -0.572. The van der Waals surface area contributed by atoms with E-state index in [0.717, 1.165) is 24.1 Å². The third-order valence-corrected chi connectivity index (χ3v) is 3.73. The van der Waals surface area contributed by atoms with Crippen LogP contribution in [0.2, 0.25) is 0 Å². The first-order valence-corrected chi connectivity index (χ1v) is 7.24. The SMILES string of the molecule is CC[C@@H](C)c1ccc(O)c(N=Cc2cc([N+](=O)[O-])ccc2[O-])c1. The van der Waals surface area contributed by atoms with E-state index >= 15 is 0 Å². The first-order valence-electron chi connectivity index (χ1n) is 7.24. The summed E-state index contributed by atoms with van der Waals surface area (Å²) in [5.41, 5.74) is 1.28. The minimum Gasteiger partial charge on any atom is -0.872 e. The molecule has 0 spiro atoms. The van der Waals surface area contributed by atoms with Gasteiger partial charge in [-0.05, 0) is 35.6 Å². The van der Waals surface area contributed by atoms with Crippen LogP contribution in [0, 0.1) is 10.1 Å². The summed E-state index contributed by atoms with van der Waals surface area (Å²) in [5, 5.41) is 32.4. The highest BCUT2D eigenvalue weighted by molar-refractivity contribution is 5.86. The molecule has 0 aromatic heterocycles. The maximum Gasteiger partial charge on any atom is 0.270 e. The Morgan fingerprint density at radius 2 is 2.04 bits per heavy atom. The zero-order valence-corrected chi connectivity index (χ0v) is 12.9. The van der Waals surface area contributed by atoms with E-state index in [-0.39, 0.29) is 22.7 Å². The Kier molecular flexibility index (Phi) is 4.95. The Labute approximate surface area is 133 Å². The van der Waals surface area contributed by atoms with Gasteiger partial charge in [-0.3, -0.25) is 15.1 Å². The van der Waals surface area contributed by atoms with Crippen LogP contribution in [0.3, 0.4) is 0 Å². The van der Waals surface area contributed by atoms with Gasteiger partial charge in [0.25, 0.3) is 5.69 Å². The molecule has 0 fully saturated rings. The Hall–Kier alpha value is -2.89. The number of nitro benzene ring substituents is 1. The average Bonchev–Trinajstić information content (AvgIpc) is 2.54. The summed E-state index contributed by atoms with van der Waals surface area (Å²) >= 11 is 0. The number of nitro groups is 1.